The fourth-order valence-corrected chi connectivity index (χ4v) is 2.78. The number of hydrogen-bond donors (Lipinski definition) is 2. The quantitative estimate of drug-likeness (QED) is 0.401. The predicted octanol–water partition coefficient (Wildman–Crippen LogP) is 2.51. The number of aryl methyl sites for hydroxylation is 1. The zero-order chi connectivity index (χ0) is 18.6. The van der Waals surface area contributed by atoms with Gasteiger partial charge in [-0.25, -0.2) is 0 Å². The molecule has 0 aliphatic carbocycles. The fraction of sp³-hybridized carbons (Fsp3) is 0.650. The SMILES string of the molecule is CN=C(NCCCOC1CCOCC1)NCC(C)Oc1ccccc1C. The summed E-state index contributed by atoms with van der Waals surface area (Å²) in [5.41, 5.74) is 1.14. The lowest BCUT2D eigenvalue weighted by atomic mass is 10.1. The van der Waals surface area contributed by atoms with E-state index < -0.39 is 0 Å². The highest BCUT2D eigenvalue weighted by molar-refractivity contribution is 5.79. The van der Waals surface area contributed by atoms with Crippen LogP contribution in [0.5, 0.6) is 5.75 Å². The number of benzene rings is 1. The Hall–Kier alpha value is -1.79. The van der Waals surface area contributed by atoms with Crippen LogP contribution in [0.1, 0.15) is 31.7 Å². The number of ether oxygens (including phenoxy) is 3. The van der Waals surface area contributed by atoms with Crippen LogP contribution in [0.15, 0.2) is 29.3 Å². The predicted molar refractivity (Wildman–Crippen MR) is 105 cm³/mol. The topological polar surface area (TPSA) is 64.1 Å². The lowest BCUT2D eigenvalue weighted by molar-refractivity contribution is -0.0320. The maximum Gasteiger partial charge on any atom is 0.191 e. The molecule has 1 aliphatic rings. The molecule has 26 heavy (non-hydrogen) atoms. The van der Waals surface area contributed by atoms with Gasteiger partial charge in [-0.05, 0) is 44.7 Å². The van der Waals surface area contributed by atoms with Crippen LogP contribution in [-0.4, -0.2) is 58.1 Å². The third-order valence-corrected chi connectivity index (χ3v) is 4.34. The number of para-hydroxylation sites is 1. The summed E-state index contributed by atoms with van der Waals surface area (Å²) in [5.74, 6) is 1.71. The number of nitrogens with zero attached hydrogens (tertiary/aromatic N) is 1. The largest absolute Gasteiger partial charge is 0.489 e. The highest BCUT2D eigenvalue weighted by atomic mass is 16.5. The van der Waals surface area contributed by atoms with Crippen LogP contribution in [0.2, 0.25) is 0 Å². The molecule has 6 heteroatoms. The molecule has 0 spiro atoms. The van der Waals surface area contributed by atoms with E-state index in [1.54, 1.807) is 7.05 Å². The molecule has 1 aromatic rings. The maximum absolute atomic E-state index is 5.97. The fourth-order valence-electron chi connectivity index (χ4n) is 2.78. The second-order valence-electron chi connectivity index (χ2n) is 6.61. The van der Waals surface area contributed by atoms with E-state index in [-0.39, 0.29) is 6.10 Å². The summed E-state index contributed by atoms with van der Waals surface area (Å²) >= 11 is 0. The van der Waals surface area contributed by atoms with Crippen LogP contribution in [0.4, 0.5) is 0 Å². The molecule has 0 amide bonds. The van der Waals surface area contributed by atoms with Crippen molar-refractivity contribution in [1.82, 2.24) is 10.6 Å². The molecule has 2 rings (SSSR count). The van der Waals surface area contributed by atoms with Gasteiger partial charge >= 0.3 is 0 Å². The van der Waals surface area contributed by atoms with Crippen LogP contribution >= 0.6 is 0 Å². The molecule has 1 unspecified atom stereocenters. The van der Waals surface area contributed by atoms with Crippen LogP contribution in [0.3, 0.4) is 0 Å². The lowest BCUT2D eigenvalue weighted by Crippen LogP contribution is -2.42. The molecule has 1 aliphatic heterocycles. The number of rotatable bonds is 9. The monoisotopic (exact) mass is 363 g/mol. The molecule has 0 saturated carbocycles. The zero-order valence-corrected chi connectivity index (χ0v) is 16.3. The van der Waals surface area contributed by atoms with E-state index in [1.165, 1.54) is 0 Å². The molecule has 0 bridgehead atoms. The first-order valence-electron chi connectivity index (χ1n) is 9.55. The first kappa shape index (κ1) is 20.5. The summed E-state index contributed by atoms with van der Waals surface area (Å²) in [6.45, 7) is 8.03. The molecule has 1 aromatic carbocycles. The normalized spacial score (nSPS) is 17.0. The molecule has 1 fully saturated rings. The van der Waals surface area contributed by atoms with Gasteiger partial charge in [0.25, 0.3) is 0 Å². The van der Waals surface area contributed by atoms with Crippen molar-refractivity contribution in [2.75, 3.05) is 40.0 Å². The maximum atomic E-state index is 5.97. The summed E-state index contributed by atoms with van der Waals surface area (Å²) in [4.78, 5) is 4.25. The van der Waals surface area contributed by atoms with Crippen molar-refractivity contribution in [3.05, 3.63) is 29.8 Å². The van der Waals surface area contributed by atoms with Crippen LogP contribution in [0.25, 0.3) is 0 Å². The Kier molecular flexibility index (Phi) is 9.28. The van der Waals surface area contributed by atoms with Gasteiger partial charge in [-0.2, -0.15) is 0 Å². The summed E-state index contributed by atoms with van der Waals surface area (Å²) in [5, 5.41) is 6.62. The van der Waals surface area contributed by atoms with E-state index in [0.29, 0.717) is 12.6 Å². The molecule has 1 atom stereocenters. The van der Waals surface area contributed by atoms with Gasteiger partial charge in [0.2, 0.25) is 0 Å². The summed E-state index contributed by atoms with van der Waals surface area (Å²) < 4.78 is 17.2. The van der Waals surface area contributed by atoms with Crippen molar-refractivity contribution in [1.29, 1.82) is 0 Å². The van der Waals surface area contributed by atoms with Crippen molar-refractivity contribution in [2.45, 2.75) is 45.3 Å². The molecule has 6 nitrogen and oxygen atoms in total. The van der Waals surface area contributed by atoms with Crippen molar-refractivity contribution in [3.63, 3.8) is 0 Å². The molecule has 1 saturated heterocycles. The molecule has 0 aromatic heterocycles. The van der Waals surface area contributed by atoms with Crippen LogP contribution < -0.4 is 15.4 Å². The van der Waals surface area contributed by atoms with Gasteiger partial charge in [0.15, 0.2) is 5.96 Å². The Bertz CT molecular complexity index is 545. The van der Waals surface area contributed by atoms with Crippen molar-refractivity contribution >= 4 is 5.96 Å². The van der Waals surface area contributed by atoms with Gasteiger partial charge in [-0.1, -0.05) is 18.2 Å². The van der Waals surface area contributed by atoms with E-state index >= 15 is 0 Å². The lowest BCUT2D eigenvalue weighted by Gasteiger charge is -2.22. The first-order chi connectivity index (χ1) is 12.7. The summed E-state index contributed by atoms with van der Waals surface area (Å²) in [6.07, 6.45) is 3.38. The van der Waals surface area contributed by atoms with Gasteiger partial charge in [0.1, 0.15) is 11.9 Å². The summed E-state index contributed by atoms with van der Waals surface area (Å²) in [6, 6.07) is 8.06. The molecule has 146 valence electrons. The van der Waals surface area contributed by atoms with Crippen LogP contribution in [-0.2, 0) is 9.47 Å². The van der Waals surface area contributed by atoms with Gasteiger partial charge in [0, 0.05) is 33.4 Å². The second kappa shape index (κ2) is 11.8. The Balaban J connectivity index is 1.57. The van der Waals surface area contributed by atoms with E-state index in [9.17, 15) is 0 Å². The second-order valence-corrected chi connectivity index (χ2v) is 6.61. The third kappa shape index (κ3) is 7.62. The van der Waals surface area contributed by atoms with Gasteiger partial charge in [-0.3, -0.25) is 4.99 Å². The van der Waals surface area contributed by atoms with E-state index in [4.69, 9.17) is 14.2 Å². The van der Waals surface area contributed by atoms with Gasteiger partial charge in [0.05, 0.1) is 12.6 Å². The van der Waals surface area contributed by atoms with Crippen LogP contribution in [0, 0.1) is 6.92 Å². The minimum absolute atomic E-state index is 0.0477. The average molecular weight is 364 g/mol. The van der Waals surface area contributed by atoms with E-state index in [2.05, 4.69) is 35.5 Å². The zero-order valence-electron chi connectivity index (χ0n) is 16.3. The Morgan fingerprint density at radius 1 is 1.27 bits per heavy atom. The highest BCUT2D eigenvalue weighted by Gasteiger charge is 2.13. The minimum Gasteiger partial charge on any atom is -0.489 e. The Morgan fingerprint density at radius 3 is 2.77 bits per heavy atom. The number of nitrogens with one attached hydrogen (secondary N) is 2. The Labute approximate surface area is 157 Å². The average Bonchev–Trinajstić information content (AvgIpc) is 2.66. The molecule has 0 radical (unpaired) electrons. The number of hydrogen-bond acceptors (Lipinski definition) is 4. The van der Waals surface area contributed by atoms with Crippen molar-refractivity contribution in [3.8, 4) is 5.75 Å². The minimum atomic E-state index is 0.0477. The van der Waals surface area contributed by atoms with E-state index in [0.717, 1.165) is 62.9 Å². The number of guanidine groups is 1. The van der Waals surface area contributed by atoms with Gasteiger partial charge < -0.3 is 24.8 Å². The van der Waals surface area contributed by atoms with Crippen molar-refractivity contribution < 1.29 is 14.2 Å². The van der Waals surface area contributed by atoms with E-state index in [1.807, 2.05) is 18.2 Å². The Morgan fingerprint density at radius 2 is 2.04 bits per heavy atom. The molecule has 2 N–H and O–H groups in total. The molecule has 1 heterocycles. The van der Waals surface area contributed by atoms with Gasteiger partial charge in [-0.15, -0.1) is 0 Å². The first-order valence-corrected chi connectivity index (χ1v) is 9.55. The third-order valence-electron chi connectivity index (χ3n) is 4.34. The highest BCUT2D eigenvalue weighted by Crippen LogP contribution is 2.17. The standard InChI is InChI=1S/C20H33N3O3/c1-16-7-4-5-8-19(16)26-17(2)15-23-20(21-3)22-11-6-12-25-18-9-13-24-14-10-18/h4-5,7-8,17-18H,6,9-15H2,1-3H3,(H2,21,22,23). The van der Waals surface area contributed by atoms with Crippen molar-refractivity contribution in [2.24, 2.45) is 4.99 Å². The smallest absolute Gasteiger partial charge is 0.191 e. The molecular formula is C20H33N3O3. The molecular weight excluding hydrogens is 330 g/mol. The summed E-state index contributed by atoms with van der Waals surface area (Å²) in [7, 11) is 1.78. The number of aliphatic imine (C=N–C) groups is 1.